The molecule has 5 nitrogen and oxygen atoms in total. The summed E-state index contributed by atoms with van der Waals surface area (Å²) in [4.78, 5) is 27.7. The van der Waals surface area contributed by atoms with Gasteiger partial charge in [-0.15, -0.1) is 11.3 Å². The molecule has 116 valence electrons. The zero-order chi connectivity index (χ0) is 16.4. The summed E-state index contributed by atoms with van der Waals surface area (Å²) in [6, 6.07) is 5.27. The van der Waals surface area contributed by atoms with Crippen LogP contribution in [0, 0.1) is 13.8 Å². The van der Waals surface area contributed by atoms with Gasteiger partial charge in [-0.25, -0.2) is 9.78 Å². The Kier molecular flexibility index (Phi) is 4.83. The Bertz CT molecular complexity index is 742. The van der Waals surface area contributed by atoms with Gasteiger partial charge in [0, 0.05) is 10.7 Å². The van der Waals surface area contributed by atoms with Crippen LogP contribution in [-0.4, -0.2) is 22.0 Å². The van der Waals surface area contributed by atoms with E-state index in [1.165, 1.54) is 0 Å². The number of hydrogen-bond acceptors (Lipinski definition) is 4. The van der Waals surface area contributed by atoms with Gasteiger partial charge in [-0.2, -0.15) is 0 Å². The Labute approximate surface area is 137 Å². The van der Waals surface area contributed by atoms with Crippen molar-refractivity contribution in [3.63, 3.8) is 0 Å². The average Bonchev–Trinajstić information content (AvgIpc) is 2.85. The SMILES string of the molecule is Cc1nc([C@@H](C)C(=O)Nc2cccc(Cl)c2C)sc1C(=O)O. The van der Waals surface area contributed by atoms with Crippen molar-refractivity contribution in [3.8, 4) is 0 Å². The fraction of sp³-hybridized carbons (Fsp3) is 0.267. The Hall–Kier alpha value is -1.92. The van der Waals surface area contributed by atoms with E-state index in [2.05, 4.69) is 10.3 Å². The minimum absolute atomic E-state index is 0.161. The number of anilines is 1. The fourth-order valence-electron chi connectivity index (χ4n) is 1.90. The van der Waals surface area contributed by atoms with Crippen LogP contribution in [0.25, 0.3) is 0 Å². The highest BCUT2D eigenvalue weighted by Gasteiger charge is 2.23. The van der Waals surface area contributed by atoms with Gasteiger partial charge in [0.25, 0.3) is 0 Å². The van der Waals surface area contributed by atoms with Gasteiger partial charge >= 0.3 is 5.97 Å². The standard InChI is InChI=1S/C15H15ClN2O3S/c1-7-10(16)5-4-6-11(7)18-13(19)8(2)14-17-9(3)12(22-14)15(20)21/h4-6,8H,1-3H3,(H,18,19)(H,20,21)/t8-/m0/s1. The molecule has 1 heterocycles. The molecule has 0 aliphatic heterocycles. The third-order valence-electron chi connectivity index (χ3n) is 3.30. The van der Waals surface area contributed by atoms with Crippen molar-refractivity contribution in [3.05, 3.63) is 44.4 Å². The lowest BCUT2D eigenvalue weighted by atomic mass is 10.1. The summed E-state index contributed by atoms with van der Waals surface area (Å²) in [6.45, 7) is 5.13. The van der Waals surface area contributed by atoms with E-state index >= 15 is 0 Å². The molecule has 0 saturated heterocycles. The summed E-state index contributed by atoms with van der Waals surface area (Å²) < 4.78 is 0. The zero-order valence-electron chi connectivity index (χ0n) is 12.3. The second kappa shape index (κ2) is 6.46. The maximum Gasteiger partial charge on any atom is 0.347 e. The van der Waals surface area contributed by atoms with E-state index in [-0.39, 0.29) is 10.8 Å². The van der Waals surface area contributed by atoms with Gasteiger partial charge in [0.2, 0.25) is 5.91 Å². The van der Waals surface area contributed by atoms with E-state index in [1.807, 2.05) is 6.92 Å². The van der Waals surface area contributed by atoms with Crippen molar-refractivity contribution in [2.75, 3.05) is 5.32 Å². The maximum atomic E-state index is 12.3. The molecule has 1 aromatic heterocycles. The summed E-state index contributed by atoms with van der Waals surface area (Å²) >= 11 is 7.05. The number of carbonyl (C=O) groups excluding carboxylic acids is 1. The molecule has 0 aliphatic carbocycles. The Morgan fingerprint density at radius 2 is 2.05 bits per heavy atom. The molecular weight excluding hydrogens is 324 g/mol. The Morgan fingerprint density at radius 3 is 2.64 bits per heavy atom. The first-order chi connectivity index (χ1) is 10.3. The van der Waals surface area contributed by atoms with Gasteiger partial charge in [0.1, 0.15) is 9.88 Å². The largest absolute Gasteiger partial charge is 0.477 e. The minimum Gasteiger partial charge on any atom is -0.477 e. The molecule has 0 unspecified atom stereocenters. The van der Waals surface area contributed by atoms with E-state index in [9.17, 15) is 9.59 Å². The van der Waals surface area contributed by atoms with Crippen LogP contribution in [0.15, 0.2) is 18.2 Å². The maximum absolute atomic E-state index is 12.3. The second-order valence-electron chi connectivity index (χ2n) is 4.90. The van der Waals surface area contributed by atoms with Crippen LogP contribution in [0.2, 0.25) is 5.02 Å². The molecule has 0 saturated carbocycles. The van der Waals surface area contributed by atoms with Gasteiger partial charge in [0.05, 0.1) is 11.6 Å². The molecular formula is C15H15ClN2O3S. The van der Waals surface area contributed by atoms with E-state index in [0.29, 0.717) is 21.4 Å². The van der Waals surface area contributed by atoms with Gasteiger partial charge in [-0.1, -0.05) is 17.7 Å². The van der Waals surface area contributed by atoms with Crippen LogP contribution >= 0.6 is 22.9 Å². The highest BCUT2D eigenvalue weighted by Crippen LogP contribution is 2.28. The molecule has 2 rings (SSSR count). The molecule has 0 aliphatic rings. The van der Waals surface area contributed by atoms with Crippen molar-refractivity contribution < 1.29 is 14.7 Å². The minimum atomic E-state index is -1.03. The average molecular weight is 339 g/mol. The summed E-state index contributed by atoms with van der Waals surface area (Å²) in [5, 5.41) is 12.9. The number of carboxylic acids is 1. The number of halogens is 1. The van der Waals surface area contributed by atoms with Crippen LogP contribution in [0.5, 0.6) is 0 Å². The number of amides is 1. The van der Waals surface area contributed by atoms with E-state index in [4.69, 9.17) is 16.7 Å². The van der Waals surface area contributed by atoms with E-state index < -0.39 is 11.9 Å². The molecule has 2 N–H and O–H groups in total. The van der Waals surface area contributed by atoms with Crippen molar-refractivity contribution in [1.29, 1.82) is 0 Å². The van der Waals surface area contributed by atoms with Crippen LogP contribution < -0.4 is 5.32 Å². The van der Waals surface area contributed by atoms with Gasteiger partial charge in [-0.3, -0.25) is 4.79 Å². The van der Waals surface area contributed by atoms with Crippen LogP contribution in [-0.2, 0) is 4.79 Å². The molecule has 0 fully saturated rings. The first-order valence-corrected chi connectivity index (χ1v) is 7.77. The lowest BCUT2D eigenvalue weighted by Crippen LogP contribution is -2.19. The molecule has 22 heavy (non-hydrogen) atoms. The number of carbonyl (C=O) groups is 2. The first-order valence-electron chi connectivity index (χ1n) is 6.58. The summed E-state index contributed by atoms with van der Waals surface area (Å²) in [6.07, 6.45) is 0. The van der Waals surface area contributed by atoms with Crippen molar-refractivity contribution in [1.82, 2.24) is 4.98 Å². The lowest BCUT2D eigenvalue weighted by molar-refractivity contribution is -0.117. The summed E-state index contributed by atoms with van der Waals surface area (Å²) in [7, 11) is 0. The number of hydrogen-bond donors (Lipinski definition) is 2. The molecule has 1 atom stereocenters. The molecule has 2 aromatic rings. The first kappa shape index (κ1) is 16.5. The number of rotatable bonds is 4. The lowest BCUT2D eigenvalue weighted by Gasteiger charge is -2.12. The number of aromatic carboxylic acids is 1. The summed E-state index contributed by atoms with van der Waals surface area (Å²) in [5.74, 6) is -1.83. The molecule has 1 amide bonds. The normalized spacial score (nSPS) is 12.0. The molecule has 0 bridgehead atoms. The number of thiazole rings is 1. The number of carboxylic acid groups (broad SMARTS) is 1. The highest BCUT2D eigenvalue weighted by atomic mass is 35.5. The second-order valence-corrected chi connectivity index (χ2v) is 6.33. The zero-order valence-corrected chi connectivity index (χ0v) is 13.9. The van der Waals surface area contributed by atoms with Gasteiger partial charge in [0.15, 0.2) is 0 Å². The van der Waals surface area contributed by atoms with Crippen molar-refractivity contribution in [2.24, 2.45) is 0 Å². The monoisotopic (exact) mass is 338 g/mol. The number of aromatic nitrogens is 1. The molecule has 0 radical (unpaired) electrons. The van der Waals surface area contributed by atoms with Gasteiger partial charge < -0.3 is 10.4 Å². The third-order valence-corrected chi connectivity index (χ3v) is 5.03. The van der Waals surface area contributed by atoms with E-state index in [1.54, 1.807) is 32.0 Å². The number of nitrogens with one attached hydrogen (secondary N) is 1. The van der Waals surface area contributed by atoms with Crippen LogP contribution in [0.3, 0.4) is 0 Å². The van der Waals surface area contributed by atoms with Crippen LogP contribution in [0.1, 0.15) is 38.8 Å². The quantitative estimate of drug-likeness (QED) is 0.887. The number of benzene rings is 1. The molecule has 7 heteroatoms. The van der Waals surface area contributed by atoms with Crippen LogP contribution in [0.4, 0.5) is 5.69 Å². The van der Waals surface area contributed by atoms with Crippen molar-refractivity contribution in [2.45, 2.75) is 26.7 Å². The topological polar surface area (TPSA) is 79.3 Å². The molecule has 1 aromatic carbocycles. The summed E-state index contributed by atoms with van der Waals surface area (Å²) in [5.41, 5.74) is 1.84. The highest BCUT2D eigenvalue weighted by molar-refractivity contribution is 7.13. The predicted octanol–water partition coefficient (Wildman–Crippen LogP) is 3.85. The number of nitrogens with zero attached hydrogens (tertiary/aromatic N) is 1. The predicted molar refractivity (Wildman–Crippen MR) is 87.0 cm³/mol. The Morgan fingerprint density at radius 1 is 1.36 bits per heavy atom. The molecule has 0 spiro atoms. The number of aryl methyl sites for hydroxylation is 1. The van der Waals surface area contributed by atoms with E-state index in [0.717, 1.165) is 16.9 Å². The smallest absolute Gasteiger partial charge is 0.347 e. The third kappa shape index (κ3) is 3.28. The van der Waals surface area contributed by atoms with Gasteiger partial charge in [-0.05, 0) is 38.5 Å². The Balaban J connectivity index is 2.21. The fourth-order valence-corrected chi connectivity index (χ4v) is 3.03. The van der Waals surface area contributed by atoms with Crippen molar-refractivity contribution >= 4 is 40.5 Å².